The van der Waals surface area contributed by atoms with Crippen LogP contribution in [0.3, 0.4) is 0 Å². The van der Waals surface area contributed by atoms with E-state index in [0.717, 1.165) is 32.5 Å². The van der Waals surface area contributed by atoms with E-state index in [-0.39, 0.29) is 0 Å². The van der Waals surface area contributed by atoms with Gasteiger partial charge in [-0.3, -0.25) is 0 Å². The van der Waals surface area contributed by atoms with Crippen molar-refractivity contribution in [1.29, 1.82) is 0 Å². The zero-order valence-corrected chi connectivity index (χ0v) is 11.4. The second-order valence-electron chi connectivity index (χ2n) is 5.56. The van der Waals surface area contributed by atoms with Gasteiger partial charge in [-0.1, -0.05) is 38.1 Å². The molecule has 3 N–H and O–H groups in total. The maximum absolute atomic E-state index is 5.60. The van der Waals surface area contributed by atoms with Crippen LogP contribution < -0.4 is 11.1 Å². The molecule has 2 nitrogen and oxygen atoms in total. The van der Waals surface area contributed by atoms with Crippen LogP contribution in [0.5, 0.6) is 0 Å². The van der Waals surface area contributed by atoms with E-state index in [9.17, 15) is 0 Å². The van der Waals surface area contributed by atoms with Crippen molar-refractivity contribution >= 4 is 0 Å². The van der Waals surface area contributed by atoms with E-state index in [4.69, 9.17) is 5.73 Å². The number of rotatable bonds is 7. The highest BCUT2D eigenvalue weighted by atomic mass is 14.9. The minimum Gasteiger partial charge on any atom is -0.330 e. The Morgan fingerprint density at radius 2 is 1.94 bits per heavy atom. The Balaban J connectivity index is 2.27. The van der Waals surface area contributed by atoms with Crippen molar-refractivity contribution in [2.45, 2.75) is 33.6 Å². The summed E-state index contributed by atoms with van der Waals surface area (Å²) in [4.78, 5) is 0. The largest absolute Gasteiger partial charge is 0.330 e. The van der Waals surface area contributed by atoms with Gasteiger partial charge in [0.1, 0.15) is 0 Å². The van der Waals surface area contributed by atoms with Gasteiger partial charge < -0.3 is 11.1 Å². The van der Waals surface area contributed by atoms with Gasteiger partial charge in [-0.15, -0.1) is 0 Å². The second kappa shape index (κ2) is 6.77. The number of nitrogens with one attached hydrogen (secondary N) is 1. The van der Waals surface area contributed by atoms with Gasteiger partial charge >= 0.3 is 0 Å². The van der Waals surface area contributed by atoms with Crippen molar-refractivity contribution < 1.29 is 0 Å². The first-order valence-electron chi connectivity index (χ1n) is 6.50. The Morgan fingerprint density at radius 3 is 2.59 bits per heavy atom. The molecule has 0 fully saturated rings. The minimum absolute atomic E-state index is 0.306. The van der Waals surface area contributed by atoms with Crippen LogP contribution >= 0.6 is 0 Å². The lowest BCUT2D eigenvalue weighted by Gasteiger charge is -2.24. The molecule has 0 aliphatic rings. The van der Waals surface area contributed by atoms with E-state index in [2.05, 4.69) is 50.4 Å². The SMILES string of the molecule is Cc1ccccc1CCNCC(C)(C)CCN. The van der Waals surface area contributed by atoms with Crippen molar-refractivity contribution in [3.05, 3.63) is 35.4 Å². The monoisotopic (exact) mass is 234 g/mol. The standard InChI is InChI=1S/C15H26N2/c1-13-6-4-5-7-14(13)8-11-17-12-15(2,3)9-10-16/h4-7,17H,8-12,16H2,1-3H3. The zero-order chi connectivity index (χ0) is 12.7. The van der Waals surface area contributed by atoms with E-state index in [0.29, 0.717) is 5.41 Å². The van der Waals surface area contributed by atoms with Gasteiger partial charge in [0, 0.05) is 6.54 Å². The van der Waals surface area contributed by atoms with Gasteiger partial charge in [0.05, 0.1) is 0 Å². The van der Waals surface area contributed by atoms with Crippen LogP contribution in [0.25, 0.3) is 0 Å². The molecule has 0 unspecified atom stereocenters. The summed E-state index contributed by atoms with van der Waals surface area (Å²) in [7, 11) is 0. The Kier molecular flexibility index (Phi) is 5.66. The summed E-state index contributed by atoms with van der Waals surface area (Å²) < 4.78 is 0. The van der Waals surface area contributed by atoms with Crippen molar-refractivity contribution in [3.63, 3.8) is 0 Å². The van der Waals surface area contributed by atoms with Crippen LogP contribution in [-0.2, 0) is 6.42 Å². The predicted molar refractivity (Wildman–Crippen MR) is 75.2 cm³/mol. The van der Waals surface area contributed by atoms with Crippen LogP contribution in [0.1, 0.15) is 31.4 Å². The Morgan fingerprint density at radius 1 is 1.24 bits per heavy atom. The Hall–Kier alpha value is -0.860. The first-order chi connectivity index (χ1) is 8.05. The van der Waals surface area contributed by atoms with Crippen LogP contribution in [0.4, 0.5) is 0 Å². The average molecular weight is 234 g/mol. The normalized spacial score (nSPS) is 11.8. The van der Waals surface area contributed by atoms with Crippen LogP contribution in [0.15, 0.2) is 24.3 Å². The summed E-state index contributed by atoms with van der Waals surface area (Å²) >= 11 is 0. The van der Waals surface area contributed by atoms with Gasteiger partial charge in [0.25, 0.3) is 0 Å². The highest BCUT2D eigenvalue weighted by molar-refractivity contribution is 5.25. The van der Waals surface area contributed by atoms with Crippen molar-refractivity contribution in [2.75, 3.05) is 19.6 Å². The number of nitrogens with two attached hydrogens (primary N) is 1. The van der Waals surface area contributed by atoms with Crippen molar-refractivity contribution in [1.82, 2.24) is 5.32 Å². The van der Waals surface area contributed by atoms with E-state index < -0.39 is 0 Å². The first-order valence-corrected chi connectivity index (χ1v) is 6.50. The molecule has 0 aromatic heterocycles. The molecule has 0 aliphatic heterocycles. The predicted octanol–water partition coefficient (Wildman–Crippen LogP) is 2.50. The molecule has 2 heteroatoms. The molecule has 0 aliphatic carbocycles. The molecular formula is C15H26N2. The van der Waals surface area contributed by atoms with Gasteiger partial charge in [0.2, 0.25) is 0 Å². The smallest absolute Gasteiger partial charge is 0.000312 e. The van der Waals surface area contributed by atoms with E-state index in [1.165, 1.54) is 11.1 Å². The molecule has 0 bridgehead atoms. The summed E-state index contributed by atoms with van der Waals surface area (Å²) in [5.74, 6) is 0. The third-order valence-corrected chi connectivity index (χ3v) is 3.26. The van der Waals surface area contributed by atoms with Gasteiger partial charge in [-0.25, -0.2) is 0 Å². The molecule has 0 atom stereocenters. The summed E-state index contributed by atoms with van der Waals surface area (Å²) in [6, 6.07) is 8.59. The summed E-state index contributed by atoms with van der Waals surface area (Å²) in [6.45, 7) is 9.55. The fraction of sp³-hybridized carbons (Fsp3) is 0.600. The van der Waals surface area contributed by atoms with Crippen molar-refractivity contribution in [3.8, 4) is 0 Å². The zero-order valence-electron chi connectivity index (χ0n) is 11.4. The van der Waals surface area contributed by atoms with Gasteiger partial charge in [0.15, 0.2) is 0 Å². The topological polar surface area (TPSA) is 38.0 Å². The third kappa shape index (κ3) is 5.33. The number of aryl methyl sites for hydroxylation is 1. The summed E-state index contributed by atoms with van der Waals surface area (Å²) in [6.07, 6.45) is 2.18. The maximum atomic E-state index is 5.60. The molecule has 1 aromatic carbocycles. The molecule has 0 radical (unpaired) electrons. The minimum atomic E-state index is 0.306. The fourth-order valence-electron chi connectivity index (χ4n) is 2.02. The Labute approximate surface area is 106 Å². The first kappa shape index (κ1) is 14.2. The molecule has 1 rings (SSSR count). The molecule has 0 saturated heterocycles. The lowest BCUT2D eigenvalue weighted by Crippen LogP contribution is -2.32. The second-order valence-corrected chi connectivity index (χ2v) is 5.56. The third-order valence-electron chi connectivity index (χ3n) is 3.26. The van der Waals surface area contributed by atoms with E-state index >= 15 is 0 Å². The lowest BCUT2D eigenvalue weighted by atomic mass is 9.89. The molecule has 0 heterocycles. The fourth-order valence-corrected chi connectivity index (χ4v) is 2.02. The molecule has 0 spiro atoms. The quantitative estimate of drug-likeness (QED) is 0.711. The maximum Gasteiger partial charge on any atom is 0.000312 e. The summed E-state index contributed by atoms with van der Waals surface area (Å²) in [5.41, 5.74) is 8.73. The molecule has 96 valence electrons. The highest BCUT2D eigenvalue weighted by Gasteiger charge is 2.15. The number of hydrogen-bond acceptors (Lipinski definition) is 2. The van der Waals surface area contributed by atoms with Crippen LogP contribution in [0.2, 0.25) is 0 Å². The van der Waals surface area contributed by atoms with E-state index in [1.54, 1.807) is 0 Å². The number of hydrogen-bond donors (Lipinski definition) is 2. The van der Waals surface area contributed by atoms with Gasteiger partial charge in [-0.2, -0.15) is 0 Å². The molecular weight excluding hydrogens is 208 g/mol. The molecule has 1 aromatic rings. The highest BCUT2D eigenvalue weighted by Crippen LogP contribution is 2.17. The average Bonchev–Trinajstić information content (AvgIpc) is 2.26. The van der Waals surface area contributed by atoms with Crippen molar-refractivity contribution in [2.24, 2.45) is 11.1 Å². The molecule has 0 saturated carbocycles. The van der Waals surface area contributed by atoms with E-state index in [1.807, 2.05) is 0 Å². The van der Waals surface area contributed by atoms with Crippen LogP contribution in [-0.4, -0.2) is 19.6 Å². The lowest BCUT2D eigenvalue weighted by molar-refractivity contribution is 0.321. The Bertz CT molecular complexity index is 331. The molecule has 17 heavy (non-hydrogen) atoms. The van der Waals surface area contributed by atoms with Crippen LogP contribution in [0, 0.1) is 12.3 Å². The number of benzene rings is 1. The molecule has 0 amide bonds. The summed E-state index contributed by atoms with van der Waals surface area (Å²) in [5, 5.41) is 3.53. The van der Waals surface area contributed by atoms with Gasteiger partial charge in [-0.05, 0) is 49.4 Å².